The smallest absolute Gasteiger partial charge is 0.337 e. The molecule has 4 rings (SSSR count). The van der Waals surface area contributed by atoms with Gasteiger partial charge in [-0.05, 0) is 48.9 Å². The minimum atomic E-state index is -0.402. The number of amidine groups is 1. The lowest BCUT2D eigenvalue weighted by Crippen LogP contribution is -2.32. The molecule has 0 fully saturated rings. The van der Waals surface area contributed by atoms with Crippen LogP contribution in [-0.2, 0) is 9.53 Å². The molecular formula is C25H20N2O3. The molecule has 0 spiro atoms. The lowest BCUT2D eigenvalue weighted by molar-refractivity contribution is -0.113. The van der Waals surface area contributed by atoms with E-state index in [2.05, 4.69) is 4.99 Å². The van der Waals surface area contributed by atoms with Gasteiger partial charge in [-0.1, -0.05) is 54.1 Å². The summed E-state index contributed by atoms with van der Waals surface area (Å²) in [5, 5.41) is 0. The van der Waals surface area contributed by atoms with Crippen LogP contribution in [0.1, 0.15) is 27.0 Å². The number of methoxy groups -OCH3 is 1. The molecule has 3 aromatic carbocycles. The Balaban J connectivity index is 1.76. The van der Waals surface area contributed by atoms with Gasteiger partial charge in [-0.25, -0.2) is 9.79 Å². The molecule has 0 saturated carbocycles. The number of esters is 1. The molecule has 5 heteroatoms. The van der Waals surface area contributed by atoms with E-state index >= 15 is 0 Å². The molecule has 148 valence electrons. The summed E-state index contributed by atoms with van der Waals surface area (Å²) >= 11 is 0. The first-order valence-electron chi connectivity index (χ1n) is 9.52. The van der Waals surface area contributed by atoms with E-state index in [-0.39, 0.29) is 5.91 Å². The number of carbonyl (C=O) groups is 2. The van der Waals surface area contributed by atoms with Gasteiger partial charge < -0.3 is 4.74 Å². The largest absolute Gasteiger partial charge is 0.465 e. The van der Waals surface area contributed by atoms with E-state index in [1.807, 2.05) is 61.5 Å². The summed E-state index contributed by atoms with van der Waals surface area (Å²) in [6, 6.07) is 24.2. The highest BCUT2D eigenvalue weighted by molar-refractivity contribution is 6.33. The quantitative estimate of drug-likeness (QED) is 0.478. The first-order valence-corrected chi connectivity index (χ1v) is 9.52. The number of hydrogen-bond acceptors (Lipinski definition) is 4. The van der Waals surface area contributed by atoms with E-state index in [1.54, 1.807) is 35.2 Å². The number of ether oxygens (including phenoxy) is 1. The van der Waals surface area contributed by atoms with Crippen molar-refractivity contribution in [2.24, 2.45) is 4.99 Å². The zero-order valence-corrected chi connectivity index (χ0v) is 16.7. The Morgan fingerprint density at radius 1 is 0.967 bits per heavy atom. The SMILES string of the molecule is COC(=O)c1ccc(/C=C2/N=C(c3cccc(C)c3)N(c3ccccc3)C2=O)cc1. The third kappa shape index (κ3) is 3.78. The molecule has 1 aliphatic heterocycles. The van der Waals surface area contributed by atoms with Crippen LogP contribution in [0, 0.1) is 6.92 Å². The Morgan fingerprint density at radius 3 is 2.37 bits per heavy atom. The predicted molar refractivity (Wildman–Crippen MR) is 117 cm³/mol. The molecule has 3 aromatic rings. The maximum Gasteiger partial charge on any atom is 0.337 e. The van der Waals surface area contributed by atoms with Crippen LogP contribution in [0.4, 0.5) is 5.69 Å². The van der Waals surface area contributed by atoms with Gasteiger partial charge in [0.05, 0.1) is 18.4 Å². The molecule has 0 aromatic heterocycles. The number of carbonyl (C=O) groups excluding carboxylic acids is 2. The van der Waals surface area contributed by atoms with Crippen LogP contribution in [0.3, 0.4) is 0 Å². The fourth-order valence-corrected chi connectivity index (χ4v) is 3.30. The Labute approximate surface area is 174 Å². The molecular weight excluding hydrogens is 376 g/mol. The maximum absolute atomic E-state index is 13.3. The summed E-state index contributed by atoms with van der Waals surface area (Å²) in [4.78, 5) is 31.2. The number of aryl methyl sites for hydroxylation is 1. The molecule has 1 amide bonds. The Bertz CT molecular complexity index is 1160. The van der Waals surface area contributed by atoms with Gasteiger partial charge >= 0.3 is 5.97 Å². The topological polar surface area (TPSA) is 59.0 Å². The van der Waals surface area contributed by atoms with Crippen LogP contribution < -0.4 is 4.90 Å². The minimum absolute atomic E-state index is 0.199. The highest BCUT2D eigenvalue weighted by atomic mass is 16.5. The van der Waals surface area contributed by atoms with Gasteiger partial charge in [0.1, 0.15) is 11.5 Å². The summed E-state index contributed by atoms with van der Waals surface area (Å²) in [5.41, 5.74) is 4.28. The van der Waals surface area contributed by atoms with Crippen LogP contribution in [0.5, 0.6) is 0 Å². The van der Waals surface area contributed by atoms with Crippen molar-refractivity contribution in [2.45, 2.75) is 6.92 Å². The van der Waals surface area contributed by atoms with E-state index < -0.39 is 5.97 Å². The van der Waals surface area contributed by atoms with Gasteiger partial charge in [-0.3, -0.25) is 9.69 Å². The molecule has 0 atom stereocenters. The van der Waals surface area contributed by atoms with Crippen LogP contribution in [0.2, 0.25) is 0 Å². The lowest BCUT2D eigenvalue weighted by Gasteiger charge is -2.18. The van der Waals surface area contributed by atoms with Crippen molar-refractivity contribution in [3.05, 3.63) is 107 Å². The van der Waals surface area contributed by atoms with Crippen molar-refractivity contribution in [1.82, 2.24) is 0 Å². The van der Waals surface area contributed by atoms with E-state index in [9.17, 15) is 9.59 Å². The molecule has 5 nitrogen and oxygen atoms in total. The van der Waals surface area contributed by atoms with Crippen molar-refractivity contribution in [3.63, 3.8) is 0 Å². The zero-order valence-electron chi connectivity index (χ0n) is 16.7. The first-order chi connectivity index (χ1) is 14.6. The van der Waals surface area contributed by atoms with Crippen LogP contribution in [-0.4, -0.2) is 24.8 Å². The summed E-state index contributed by atoms with van der Waals surface area (Å²) in [7, 11) is 1.34. The average Bonchev–Trinajstić information content (AvgIpc) is 3.10. The van der Waals surface area contributed by atoms with Gasteiger partial charge in [0.15, 0.2) is 0 Å². The molecule has 0 saturated heterocycles. The molecule has 30 heavy (non-hydrogen) atoms. The minimum Gasteiger partial charge on any atom is -0.465 e. The zero-order chi connectivity index (χ0) is 21.1. The van der Waals surface area contributed by atoms with Crippen molar-refractivity contribution in [1.29, 1.82) is 0 Å². The predicted octanol–water partition coefficient (Wildman–Crippen LogP) is 4.62. The van der Waals surface area contributed by atoms with Gasteiger partial charge in [0.2, 0.25) is 0 Å². The number of rotatable bonds is 4. The number of para-hydroxylation sites is 1. The number of aliphatic imine (C=N–C) groups is 1. The van der Waals surface area contributed by atoms with Crippen LogP contribution in [0.25, 0.3) is 6.08 Å². The van der Waals surface area contributed by atoms with Crippen molar-refractivity contribution in [3.8, 4) is 0 Å². The third-order valence-corrected chi connectivity index (χ3v) is 4.79. The lowest BCUT2D eigenvalue weighted by atomic mass is 10.1. The molecule has 0 radical (unpaired) electrons. The highest BCUT2D eigenvalue weighted by Gasteiger charge is 2.32. The van der Waals surface area contributed by atoms with Crippen LogP contribution in [0.15, 0.2) is 89.6 Å². The molecule has 0 unspecified atom stereocenters. The summed E-state index contributed by atoms with van der Waals surface area (Å²) in [6.07, 6.45) is 1.72. The average molecular weight is 396 g/mol. The fraction of sp³-hybridized carbons (Fsp3) is 0.0800. The Kier molecular flexibility index (Phi) is 5.26. The van der Waals surface area contributed by atoms with Crippen LogP contribution >= 0.6 is 0 Å². The first kappa shape index (κ1) is 19.3. The molecule has 0 bridgehead atoms. The third-order valence-electron chi connectivity index (χ3n) is 4.79. The second kappa shape index (κ2) is 8.17. The number of anilines is 1. The number of hydrogen-bond donors (Lipinski definition) is 0. The second-order valence-corrected chi connectivity index (χ2v) is 6.92. The molecule has 0 aliphatic carbocycles. The molecule has 0 N–H and O–H groups in total. The summed E-state index contributed by atoms with van der Waals surface area (Å²) < 4.78 is 4.73. The normalized spacial score (nSPS) is 14.7. The van der Waals surface area contributed by atoms with E-state index in [0.29, 0.717) is 17.1 Å². The monoisotopic (exact) mass is 396 g/mol. The second-order valence-electron chi connectivity index (χ2n) is 6.92. The standard InChI is InChI=1S/C25H20N2O3/c1-17-7-6-8-20(15-17)23-26-22(24(28)27(23)21-9-4-3-5-10-21)16-18-11-13-19(14-12-18)25(29)30-2/h3-16H,1-2H3/b22-16+. The number of benzene rings is 3. The Morgan fingerprint density at radius 2 is 1.70 bits per heavy atom. The van der Waals surface area contributed by atoms with Gasteiger partial charge in [-0.2, -0.15) is 0 Å². The van der Waals surface area contributed by atoms with Gasteiger partial charge in [-0.15, -0.1) is 0 Å². The van der Waals surface area contributed by atoms with E-state index in [0.717, 1.165) is 22.4 Å². The maximum atomic E-state index is 13.3. The molecule has 1 heterocycles. The fourth-order valence-electron chi connectivity index (χ4n) is 3.30. The van der Waals surface area contributed by atoms with Crippen molar-refractivity contribution in [2.75, 3.05) is 12.0 Å². The van der Waals surface area contributed by atoms with E-state index in [1.165, 1.54) is 7.11 Å². The van der Waals surface area contributed by atoms with Crippen molar-refractivity contribution >= 4 is 29.5 Å². The Hall–Kier alpha value is -3.99. The van der Waals surface area contributed by atoms with Gasteiger partial charge in [0.25, 0.3) is 5.91 Å². The summed E-state index contributed by atoms with van der Waals surface area (Å²) in [5.74, 6) is -0.0109. The summed E-state index contributed by atoms with van der Waals surface area (Å²) in [6.45, 7) is 2.01. The number of amides is 1. The van der Waals surface area contributed by atoms with Crippen molar-refractivity contribution < 1.29 is 14.3 Å². The highest BCUT2D eigenvalue weighted by Crippen LogP contribution is 2.28. The number of nitrogens with zero attached hydrogens (tertiary/aromatic N) is 2. The molecule has 1 aliphatic rings. The van der Waals surface area contributed by atoms with Gasteiger partial charge in [0, 0.05) is 5.56 Å². The van der Waals surface area contributed by atoms with E-state index in [4.69, 9.17) is 4.74 Å².